The average molecular weight is 598 g/mol. The number of fused-ring (bicyclic) bond motifs is 3. The number of nitrogens with one attached hydrogen (secondary N) is 2. The molecule has 2 N–H and O–H groups in total. The van der Waals surface area contributed by atoms with E-state index in [0.29, 0.717) is 40.9 Å². The van der Waals surface area contributed by atoms with Gasteiger partial charge >= 0.3 is 0 Å². The number of hydrogen-bond donors (Lipinski definition) is 2. The molecule has 1 aliphatic carbocycles. The van der Waals surface area contributed by atoms with Crippen molar-refractivity contribution in [3.8, 4) is 34.3 Å². The summed E-state index contributed by atoms with van der Waals surface area (Å²) in [6.45, 7) is 4.80. The van der Waals surface area contributed by atoms with E-state index in [4.69, 9.17) is 9.47 Å². The van der Waals surface area contributed by atoms with Crippen molar-refractivity contribution in [3.63, 3.8) is 0 Å². The second-order valence-electron chi connectivity index (χ2n) is 10.9. The molecule has 45 heavy (non-hydrogen) atoms. The number of pyridine rings is 1. The van der Waals surface area contributed by atoms with Crippen molar-refractivity contribution < 1.29 is 19.1 Å². The highest BCUT2D eigenvalue weighted by Crippen LogP contribution is 2.49. The fourth-order valence-corrected chi connectivity index (χ4v) is 5.77. The Morgan fingerprint density at radius 1 is 0.756 bits per heavy atom. The normalized spacial score (nSPS) is 13.0. The predicted octanol–water partition coefficient (Wildman–Crippen LogP) is 8.51. The summed E-state index contributed by atoms with van der Waals surface area (Å²) in [4.78, 5) is 31.2. The van der Waals surface area contributed by atoms with Gasteiger partial charge in [-0.2, -0.15) is 0 Å². The number of rotatable bonds is 11. The Balaban J connectivity index is 1.23. The van der Waals surface area contributed by atoms with E-state index in [-0.39, 0.29) is 11.8 Å². The molecular weight excluding hydrogens is 562 g/mol. The summed E-state index contributed by atoms with van der Waals surface area (Å²) in [6, 6.07) is 32.1. The first-order valence-corrected chi connectivity index (χ1v) is 15.4. The van der Waals surface area contributed by atoms with Crippen molar-refractivity contribution in [3.05, 3.63) is 132 Å². The van der Waals surface area contributed by atoms with E-state index < -0.39 is 5.92 Å². The van der Waals surface area contributed by atoms with Gasteiger partial charge in [-0.25, -0.2) is 4.98 Å². The minimum atomic E-state index is -0.396. The molecule has 1 aromatic heterocycles. The van der Waals surface area contributed by atoms with E-state index in [0.717, 1.165) is 47.1 Å². The highest BCUT2D eigenvalue weighted by Gasteiger charge is 2.36. The maximum atomic E-state index is 13.5. The molecule has 1 aliphatic rings. The Bertz CT molecular complexity index is 1820. The van der Waals surface area contributed by atoms with Gasteiger partial charge in [0.05, 0.1) is 23.4 Å². The van der Waals surface area contributed by atoms with Crippen LogP contribution in [0.15, 0.2) is 109 Å². The topological polar surface area (TPSA) is 89.6 Å². The van der Waals surface area contributed by atoms with E-state index in [2.05, 4.69) is 28.6 Å². The number of benzene rings is 4. The summed E-state index contributed by atoms with van der Waals surface area (Å²) in [5.74, 6) is 1.46. The molecule has 0 radical (unpaired) electrons. The molecule has 7 nitrogen and oxygen atoms in total. The van der Waals surface area contributed by atoms with Crippen LogP contribution in [0.2, 0.25) is 0 Å². The fraction of sp³-hybridized carbons (Fsp3) is 0.184. The van der Waals surface area contributed by atoms with E-state index >= 15 is 0 Å². The average Bonchev–Trinajstić information content (AvgIpc) is 3.41. The van der Waals surface area contributed by atoms with Crippen LogP contribution in [-0.4, -0.2) is 23.3 Å². The molecule has 226 valence electrons. The summed E-state index contributed by atoms with van der Waals surface area (Å²) in [5, 5.41) is 6.01. The van der Waals surface area contributed by atoms with Gasteiger partial charge < -0.3 is 20.1 Å². The molecule has 6 rings (SSSR count). The number of carbonyl (C=O) groups is 2. The Kier molecular flexibility index (Phi) is 8.87. The SMILES string of the molecule is CCCNC(=O)C1c2ccccc2-c2ccc(Oc3ccc(NC(=O)c4ccccc4Oc4ccccc4)cn3)c(CCC)c21. The zero-order chi connectivity index (χ0) is 31.2. The van der Waals surface area contributed by atoms with E-state index in [1.807, 2.05) is 73.7 Å². The van der Waals surface area contributed by atoms with Gasteiger partial charge in [0.2, 0.25) is 11.8 Å². The van der Waals surface area contributed by atoms with Crippen LogP contribution in [0.4, 0.5) is 5.69 Å². The monoisotopic (exact) mass is 597 g/mol. The largest absolute Gasteiger partial charge is 0.457 e. The van der Waals surface area contributed by atoms with Gasteiger partial charge in [-0.05, 0) is 77.1 Å². The lowest BCUT2D eigenvalue weighted by Crippen LogP contribution is -2.30. The zero-order valence-corrected chi connectivity index (χ0v) is 25.4. The Hall–Kier alpha value is -5.43. The van der Waals surface area contributed by atoms with Gasteiger partial charge in [-0.1, -0.05) is 80.9 Å². The molecule has 0 saturated heterocycles. The van der Waals surface area contributed by atoms with Crippen LogP contribution in [0, 0.1) is 0 Å². The first kappa shape index (κ1) is 29.6. The maximum absolute atomic E-state index is 13.5. The highest BCUT2D eigenvalue weighted by molar-refractivity contribution is 6.06. The molecule has 0 aliphatic heterocycles. The van der Waals surface area contributed by atoms with Crippen LogP contribution >= 0.6 is 0 Å². The minimum Gasteiger partial charge on any atom is -0.457 e. The van der Waals surface area contributed by atoms with Gasteiger partial charge in [0.1, 0.15) is 17.2 Å². The molecule has 7 heteroatoms. The zero-order valence-electron chi connectivity index (χ0n) is 25.4. The van der Waals surface area contributed by atoms with Crippen LogP contribution in [0.25, 0.3) is 11.1 Å². The van der Waals surface area contributed by atoms with E-state index in [1.54, 1.807) is 36.5 Å². The van der Waals surface area contributed by atoms with Crippen LogP contribution in [0.1, 0.15) is 59.7 Å². The number of anilines is 1. The lowest BCUT2D eigenvalue weighted by molar-refractivity contribution is -0.121. The van der Waals surface area contributed by atoms with Gasteiger partial charge in [0, 0.05) is 12.6 Å². The Labute approximate surface area is 263 Å². The van der Waals surface area contributed by atoms with Crippen LogP contribution in [-0.2, 0) is 11.2 Å². The minimum absolute atomic E-state index is 0.00603. The number of nitrogens with zero attached hydrogens (tertiary/aromatic N) is 1. The predicted molar refractivity (Wildman–Crippen MR) is 176 cm³/mol. The molecular formula is C38H35N3O4. The number of ether oxygens (including phenoxy) is 2. The molecule has 1 atom stereocenters. The number of hydrogen-bond acceptors (Lipinski definition) is 5. The van der Waals surface area contributed by atoms with Crippen molar-refractivity contribution in [1.82, 2.24) is 10.3 Å². The summed E-state index contributed by atoms with van der Waals surface area (Å²) in [6.07, 6.45) is 4.08. The lowest BCUT2D eigenvalue weighted by atomic mass is 9.89. The first-order chi connectivity index (χ1) is 22.1. The van der Waals surface area contributed by atoms with Gasteiger partial charge in [-0.3, -0.25) is 9.59 Å². The molecule has 5 aromatic rings. The molecule has 0 spiro atoms. The molecule has 0 saturated carbocycles. The number of carbonyl (C=O) groups excluding carboxylic acids is 2. The van der Waals surface area contributed by atoms with E-state index in [9.17, 15) is 9.59 Å². The second-order valence-corrected chi connectivity index (χ2v) is 10.9. The molecule has 1 unspecified atom stereocenters. The van der Waals surface area contributed by atoms with Crippen molar-refractivity contribution in [2.75, 3.05) is 11.9 Å². The Morgan fingerprint density at radius 3 is 2.31 bits per heavy atom. The molecule has 1 heterocycles. The third kappa shape index (κ3) is 6.29. The molecule has 4 aromatic carbocycles. The third-order valence-electron chi connectivity index (χ3n) is 7.79. The Morgan fingerprint density at radius 2 is 1.53 bits per heavy atom. The van der Waals surface area contributed by atoms with Gasteiger partial charge in [0.25, 0.3) is 5.91 Å². The van der Waals surface area contributed by atoms with Gasteiger partial charge in [-0.15, -0.1) is 0 Å². The molecule has 2 amide bonds. The summed E-state index contributed by atoms with van der Waals surface area (Å²) >= 11 is 0. The number of para-hydroxylation sites is 2. The van der Waals surface area contributed by atoms with Crippen molar-refractivity contribution in [1.29, 1.82) is 0 Å². The highest BCUT2D eigenvalue weighted by atomic mass is 16.5. The quantitative estimate of drug-likeness (QED) is 0.159. The summed E-state index contributed by atoms with van der Waals surface area (Å²) in [7, 11) is 0. The summed E-state index contributed by atoms with van der Waals surface area (Å²) < 4.78 is 12.3. The fourth-order valence-electron chi connectivity index (χ4n) is 5.77. The van der Waals surface area contributed by atoms with Crippen LogP contribution in [0.5, 0.6) is 23.1 Å². The third-order valence-corrected chi connectivity index (χ3v) is 7.79. The van der Waals surface area contributed by atoms with Crippen molar-refractivity contribution in [2.45, 2.75) is 39.0 Å². The van der Waals surface area contributed by atoms with Crippen molar-refractivity contribution >= 4 is 17.5 Å². The number of amides is 2. The smallest absolute Gasteiger partial charge is 0.259 e. The molecule has 0 fully saturated rings. The standard InChI is InChI=1S/C38H35N3O4/c1-3-12-30-33(21-20-29-27-15-8-9-16-28(27)36(35(29)30)38(43)39-23-4-2)45-34-22-19-25(24-40-34)41-37(42)31-17-10-11-18-32(31)44-26-13-6-5-7-14-26/h5-11,13-22,24,36H,3-4,12,23H2,1-2H3,(H,39,43)(H,41,42). The second kappa shape index (κ2) is 13.5. The van der Waals surface area contributed by atoms with Crippen LogP contribution < -0.4 is 20.1 Å². The van der Waals surface area contributed by atoms with Crippen molar-refractivity contribution in [2.24, 2.45) is 0 Å². The van der Waals surface area contributed by atoms with Gasteiger partial charge in [0.15, 0.2) is 0 Å². The lowest BCUT2D eigenvalue weighted by Gasteiger charge is -2.19. The maximum Gasteiger partial charge on any atom is 0.259 e. The van der Waals surface area contributed by atoms with E-state index in [1.165, 1.54) is 0 Å². The number of aromatic nitrogens is 1. The first-order valence-electron chi connectivity index (χ1n) is 15.4. The van der Waals surface area contributed by atoms with Crippen LogP contribution in [0.3, 0.4) is 0 Å². The summed E-state index contributed by atoms with van der Waals surface area (Å²) in [5.41, 5.74) is 6.11. The molecule has 0 bridgehead atoms.